The molecule has 0 aromatic rings. The average Bonchev–Trinajstić information content (AvgIpc) is 2.21. The Hall–Kier alpha value is -1.03. The molecule has 1 rings (SSSR count). The number of ether oxygens (including phenoxy) is 2. The van der Waals surface area contributed by atoms with Crippen LogP contribution in [0.5, 0.6) is 0 Å². The summed E-state index contributed by atoms with van der Waals surface area (Å²) in [6.45, 7) is 2.75. The van der Waals surface area contributed by atoms with Crippen molar-refractivity contribution in [3.8, 4) is 0 Å². The van der Waals surface area contributed by atoms with Gasteiger partial charge in [-0.25, -0.2) is 4.79 Å². The standard InChI is InChI=1S/C11H18O4/c1-2-15-11(13)8-14-7-9-3-5-10(12)6-4-9/h5,9,12H,2-4,6-8H2,1H3. The van der Waals surface area contributed by atoms with Crippen LogP contribution in [0.2, 0.25) is 0 Å². The topological polar surface area (TPSA) is 55.8 Å². The first-order valence-electron chi connectivity index (χ1n) is 5.33. The van der Waals surface area contributed by atoms with E-state index < -0.39 is 0 Å². The Kier molecular flexibility index (Phi) is 5.18. The third kappa shape index (κ3) is 4.83. The van der Waals surface area contributed by atoms with Gasteiger partial charge in [0, 0.05) is 6.42 Å². The predicted octanol–water partition coefficient (Wildman–Crippen LogP) is 1.81. The van der Waals surface area contributed by atoms with E-state index in [0.29, 0.717) is 31.3 Å². The number of allylic oxidation sites excluding steroid dienone is 2. The maximum absolute atomic E-state index is 10.9. The van der Waals surface area contributed by atoms with Crippen LogP contribution in [-0.4, -0.2) is 30.9 Å². The zero-order chi connectivity index (χ0) is 11.1. The Morgan fingerprint density at radius 2 is 2.47 bits per heavy atom. The molecule has 1 unspecified atom stereocenters. The fraction of sp³-hybridized carbons (Fsp3) is 0.727. The van der Waals surface area contributed by atoms with Crippen LogP contribution in [0, 0.1) is 5.92 Å². The highest BCUT2D eigenvalue weighted by atomic mass is 16.6. The second-order valence-corrected chi connectivity index (χ2v) is 3.66. The summed E-state index contributed by atoms with van der Waals surface area (Å²) in [5.41, 5.74) is 0. The predicted molar refractivity (Wildman–Crippen MR) is 55.5 cm³/mol. The van der Waals surface area contributed by atoms with Crippen molar-refractivity contribution in [1.29, 1.82) is 0 Å². The first-order chi connectivity index (χ1) is 7.22. The van der Waals surface area contributed by atoms with Crippen LogP contribution in [0.4, 0.5) is 0 Å². The monoisotopic (exact) mass is 214 g/mol. The maximum atomic E-state index is 10.9. The fourth-order valence-electron chi connectivity index (χ4n) is 1.54. The van der Waals surface area contributed by atoms with Crippen LogP contribution >= 0.6 is 0 Å². The number of aliphatic hydroxyl groups is 1. The van der Waals surface area contributed by atoms with Crippen LogP contribution in [0.3, 0.4) is 0 Å². The summed E-state index contributed by atoms with van der Waals surface area (Å²) in [4.78, 5) is 10.9. The molecular formula is C11H18O4. The highest BCUT2D eigenvalue weighted by molar-refractivity contribution is 5.70. The third-order valence-electron chi connectivity index (χ3n) is 2.37. The van der Waals surface area contributed by atoms with Gasteiger partial charge >= 0.3 is 5.97 Å². The van der Waals surface area contributed by atoms with E-state index in [0.717, 1.165) is 12.8 Å². The molecule has 0 amide bonds. The smallest absolute Gasteiger partial charge is 0.332 e. The van der Waals surface area contributed by atoms with Crippen molar-refractivity contribution in [2.45, 2.75) is 26.2 Å². The van der Waals surface area contributed by atoms with Gasteiger partial charge in [0.15, 0.2) is 0 Å². The molecular weight excluding hydrogens is 196 g/mol. The molecule has 0 bridgehead atoms. The number of hydrogen-bond donors (Lipinski definition) is 1. The van der Waals surface area contributed by atoms with Crippen LogP contribution in [-0.2, 0) is 14.3 Å². The lowest BCUT2D eigenvalue weighted by Crippen LogP contribution is -2.18. The SMILES string of the molecule is CCOC(=O)COCC1CC=C(O)CC1. The van der Waals surface area contributed by atoms with E-state index in [4.69, 9.17) is 14.6 Å². The van der Waals surface area contributed by atoms with Crippen molar-refractivity contribution < 1.29 is 19.4 Å². The molecule has 0 aromatic carbocycles. The molecule has 0 radical (unpaired) electrons. The van der Waals surface area contributed by atoms with E-state index >= 15 is 0 Å². The molecule has 1 atom stereocenters. The number of hydrogen-bond acceptors (Lipinski definition) is 4. The minimum absolute atomic E-state index is 0.0278. The molecule has 1 N–H and O–H groups in total. The lowest BCUT2D eigenvalue weighted by molar-refractivity contribution is -0.148. The van der Waals surface area contributed by atoms with Gasteiger partial charge in [0.05, 0.1) is 19.0 Å². The molecule has 15 heavy (non-hydrogen) atoms. The molecule has 0 aliphatic heterocycles. The third-order valence-corrected chi connectivity index (χ3v) is 2.37. The molecule has 0 saturated carbocycles. The van der Waals surface area contributed by atoms with Gasteiger partial charge in [-0.2, -0.15) is 0 Å². The number of carbonyl (C=O) groups is 1. The highest BCUT2D eigenvalue weighted by Gasteiger charge is 2.14. The molecule has 0 saturated heterocycles. The van der Waals surface area contributed by atoms with Gasteiger partial charge in [-0.3, -0.25) is 0 Å². The second kappa shape index (κ2) is 6.45. The normalized spacial score (nSPS) is 20.9. The number of esters is 1. The Morgan fingerprint density at radius 1 is 1.67 bits per heavy atom. The zero-order valence-electron chi connectivity index (χ0n) is 9.07. The Labute approximate surface area is 89.9 Å². The Bertz CT molecular complexity index is 235. The van der Waals surface area contributed by atoms with Gasteiger partial charge in [-0.05, 0) is 31.8 Å². The van der Waals surface area contributed by atoms with Crippen molar-refractivity contribution >= 4 is 5.97 Å². The van der Waals surface area contributed by atoms with Gasteiger partial charge in [0.1, 0.15) is 6.61 Å². The number of aliphatic hydroxyl groups excluding tert-OH is 1. The minimum Gasteiger partial charge on any atom is -0.513 e. The number of carbonyl (C=O) groups excluding carboxylic acids is 1. The summed E-state index contributed by atoms with van der Waals surface area (Å²) in [5.74, 6) is 0.568. The summed E-state index contributed by atoms with van der Waals surface area (Å²) in [6.07, 6.45) is 4.29. The van der Waals surface area contributed by atoms with Gasteiger partial charge in [0.25, 0.3) is 0 Å². The largest absolute Gasteiger partial charge is 0.513 e. The summed E-state index contributed by atoms with van der Waals surface area (Å²) in [5, 5.41) is 9.16. The van der Waals surface area contributed by atoms with Crippen molar-refractivity contribution in [1.82, 2.24) is 0 Å². The van der Waals surface area contributed by atoms with Crippen molar-refractivity contribution in [3.05, 3.63) is 11.8 Å². The molecule has 0 fully saturated rings. The van der Waals surface area contributed by atoms with Crippen LogP contribution in [0.1, 0.15) is 26.2 Å². The lowest BCUT2D eigenvalue weighted by Gasteiger charge is -2.18. The van der Waals surface area contributed by atoms with Crippen LogP contribution < -0.4 is 0 Å². The summed E-state index contributed by atoms with van der Waals surface area (Å²) < 4.78 is 9.97. The molecule has 0 spiro atoms. The summed E-state index contributed by atoms with van der Waals surface area (Å²) in [6, 6.07) is 0. The van der Waals surface area contributed by atoms with Crippen molar-refractivity contribution in [2.24, 2.45) is 5.92 Å². The zero-order valence-corrected chi connectivity index (χ0v) is 9.07. The van der Waals surface area contributed by atoms with Gasteiger partial charge < -0.3 is 14.6 Å². The Balaban J connectivity index is 2.08. The van der Waals surface area contributed by atoms with Crippen LogP contribution in [0.25, 0.3) is 0 Å². The van der Waals surface area contributed by atoms with Crippen molar-refractivity contribution in [3.63, 3.8) is 0 Å². The molecule has 1 aliphatic carbocycles. The fourth-order valence-corrected chi connectivity index (χ4v) is 1.54. The van der Waals surface area contributed by atoms with E-state index in [1.807, 2.05) is 6.08 Å². The Morgan fingerprint density at radius 3 is 3.07 bits per heavy atom. The summed E-state index contributed by atoms with van der Waals surface area (Å²) in [7, 11) is 0. The first-order valence-corrected chi connectivity index (χ1v) is 5.33. The summed E-state index contributed by atoms with van der Waals surface area (Å²) >= 11 is 0. The molecule has 4 nitrogen and oxygen atoms in total. The van der Waals surface area contributed by atoms with E-state index in [9.17, 15) is 4.79 Å². The van der Waals surface area contributed by atoms with Crippen molar-refractivity contribution in [2.75, 3.05) is 19.8 Å². The van der Waals surface area contributed by atoms with E-state index in [-0.39, 0.29) is 12.6 Å². The van der Waals surface area contributed by atoms with Crippen LogP contribution in [0.15, 0.2) is 11.8 Å². The average molecular weight is 214 g/mol. The molecule has 0 aromatic heterocycles. The molecule has 4 heteroatoms. The minimum atomic E-state index is -0.313. The highest BCUT2D eigenvalue weighted by Crippen LogP contribution is 2.21. The van der Waals surface area contributed by atoms with Gasteiger partial charge in [0.2, 0.25) is 0 Å². The maximum Gasteiger partial charge on any atom is 0.332 e. The van der Waals surface area contributed by atoms with E-state index in [2.05, 4.69) is 0 Å². The van der Waals surface area contributed by atoms with Gasteiger partial charge in [-0.1, -0.05) is 0 Å². The second-order valence-electron chi connectivity index (χ2n) is 3.66. The first kappa shape index (κ1) is 12.0. The lowest BCUT2D eigenvalue weighted by atomic mass is 9.94. The molecule has 1 aliphatic rings. The molecule has 0 heterocycles. The van der Waals surface area contributed by atoms with Gasteiger partial charge in [-0.15, -0.1) is 0 Å². The quantitative estimate of drug-likeness (QED) is 0.709. The van der Waals surface area contributed by atoms with E-state index in [1.54, 1.807) is 6.92 Å². The van der Waals surface area contributed by atoms with E-state index in [1.165, 1.54) is 0 Å². The molecule has 86 valence electrons. The number of rotatable bonds is 5.